The Hall–Kier alpha value is -0.460. The molecule has 0 aromatic heterocycles. The van der Waals surface area contributed by atoms with E-state index in [0.717, 1.165) is 0 Å². The quantitative estimate of drug-likeness (QED) is 0.589. The van der Waals surface area contributed by atoms with E-state index in [1.54, 1.807) is 0 Å². The molecule has 0 aromatic rings. The van der Waals surface area contributed by atoms with Gasteiger partial charge in [0.05, 0.1) is 0 Å². The summed E-state index contributed by atoms with van der Waals surface area (Å²) in [5.74, 6) is 0. The molecule has 1 saturated heterocycles. The molecule has 0 radical (unpaired) electrons. The summed E-state index contributed by atoms with van der Waals surface area (Å²) >= 11 is 0. The van der Waals surface area contributed by atoms with Gasteiger partial charge in [0.2, 0.25) is 0 Å². The van der Waals surface area contributed by atoms with Crippen LogP contribution in [0.2, 0.25) is 0 Å². The first kappa shape index (κ1) is 8.63. The predicted molar refractivity (Wildman–Crippen MR) is 49.5 cm³/mol. The lowest BCUT2D eigenvalue weighted by Gasteiger charge is -2.25. The van der Waals surface area contributed by atoms with Gasteiger partial charge in [0.1, 0.15) is 0 Å². The normalized spacial score (nSPS) is 20.5. The molecule has 0 N–H and O–H groups in total. The number of likely N-dealkylation sites (tertiary alicyclic amines) is 1. The van der Waals surface area contributed by atoms with Crippen molar-refractivity contribution in [3.63, 3.8) is 0 Å². The Labute approximate surface area is 70.1 Å². The number of allylic oxidation sites excluding steroid dienone is 1. The molecule has 11 heavy (non-hydrogen) atoms. The van der Waals surface area contributed by atoms with Crippen molar-refractivity contribution in [3.8, 4) is 0 Å². The predicted octanol–water partition coefficient (Wildman–Crippen LogP) is 2.79. The van der Waals surface area contributed by atoms with Gasteiger partial charge < -0.3 is 4.90 Å². The molecule has 1 aliphatic heterocycles. The second kappa shape index (κ2) is 4.42. The Morgan fingerprint density at radius 2 is 1.91 bits per heavy atom. The van der Waals surface area contributed by atoms with E-state index in [4.69, 9.17) is 0 Å². The molecule has 0 saturated carbocycles. The van der Waals surface area contributed by atoms with Crippen LogP contribution in [-0.4, -0.2) is 18.0 Å². The van der Waals surface area contributed by atoms with Gasteiger partial charge in [-0.1, -0.05) is 12.5 Å². The highest BCUT2D eigenvalue weighted by molar-refractivity contribution is 4.96. The van der Waals surface area contributed by atoms with Crippen LogP contribution in [0.25, 0.3) is 0 Å². The molecule has 0 aromatic carbocycles. The standard InChI is InChI=1S/C10H19N/c1-3-10(2)9-11-7-5-4-6-8-11/h9H,3-8H2,1-2H3/b10-9-. The third-order valence-corrected chi connectivity index (χ3v) is 2.35. The molecular weight excluding hydrogens is 134 g/mol. The molecule has 0 atom stereocenters. The fraction of sp³-hybridized carbons (Fsp3) is 0.800. The molecule has 0 bridgehead atoms. The van der Waals surface area contributed by atoms with Gasteiger partial charge in [0, 0.05) is 13.1 Å². The van der Waals surface area contributed by atoms with Crippen molar-refractivity contribution in [2.45, 2.75) is 39.5 Å². The molecule has 1 aliphatic rings. The molecule has 1 fully saturated rings. The summed E-state index contributed by atoms with van der Waals surface area (Å²) in [6.45, 7) is 6.99. The smallest absolute Gasteiger partial charge is 0.0172 e. The van der Waals surface area contributed by atoms with Crippen molar-refractivity contribution in [3.05, 3.63) is 11.8 Å². The minimum atomic E-state index is 1.19. The summed E-state index contributed by atoms with van der Waals surface area (Å²) in [6, 6.07) is 0. The van der Waals surface area contributed by atoms with Gasteiger partial charge in [-0.25, -0.2) is 0 Å². The van der Waals surface area contributed by atoms with Crippen LogP contribution in [0.3, 0.4) is 0 Å². The Morgan fingerprint density at radius 1 is 1.27 bits per heavy atom. The van der Waals surface area contributed by atoms with Crippen LogP contribution in [0, 0.1) is 0 Å². The van der Waals surface area contributed by atoms with Crippen molar-refractivity contribution in [2.75, 3.05) is 13.1 Å². The SMILES string of the molecule is CC/C(C)=C\N1CCCCC1. The molecular formula is C10H19N. The highest BCUT2D eigenvalue weighted by Gasteiger charge is 2.05. The molecule has 0 spiro atoms. The number of piperidine rings is 1. The van der Waals surface area contributed by atoms with E-state index in [9.17, 15) is 0 Å². The number of hydrogen-bond acceptors (Lipinski definition) is 1. The van der Waals surface area contributed by atoms with E-state index >= 15 is 0 Å². The first-order chi connectivity index (χ1) is 5.33. The van der Waals surface area contributed by atoms with Gasteiger partial charge in [-0.05, 0) is 38.8 Å². The van der Waals surface area contributed by atoms with Gasteiger partial charge in [0.25, 0.3) is 0 Å². The highest BCUT2D eigenvalue weighted by atomic mass is 15.1. The van der Waals surface area contributed by atoms with Crippen LogP contribution in [0.15, 0.2) is 11.8 Å². The van der Waals surface area contributed by atoms with Gasteiger partial charge in [-0.15, -0.1) is 0 Å². The summed E-state index contributed by atoms with van der Waals surface area (Å²) in [5.41, 5.74) is 1.51. The fourth-order valence-corrected chi connectivity index (χ4v) is 1.45. The van der Waals surface area contributed by atoms with E-state index in [-0.39, 0.29) is 0 Å². The van der Waals surface area contributed by atoms with Gasteiger partial charge in [-0.2, -0.15) is 0 Å². The summed E-state index contributed by atoms with van der Waals surface area (Å²) < 4.78 is 0. The van der Waals surface area contributed by atoms with Crippen molar-refractivity contribution >= 4 is 0 Å². The highest BCUT2D eigenvalue weighted by Crippen LogP contribution is 2.11. The number of nitrogens with zero attached hydrogens (tertiary/aromatic N) is 1. The van der Waals surface area contributed by atoms with E-state index in [1.807, 2.05) is 0 Å². The Balaban J connectivity index is 2.34. The molecule has 1 heterocycles. The largest absolute Gasteiger partial charge is 0.377 e. The molecule has 1 heteroatoms. The van der Waals surface area contributed by atoms with Crippen LogP contribution in [0.1, 0.15) is 39.5 Å². The van der Waals surface area contributed by atoms with E-state index in [0.29, 0.717) is 0 Å². The van der Waals surface area contributed by atoms with E-state index < -0.39 is 0 Å². The van der Waals surface area contributed by atoms with E-state index in [1.165, 1.54) is 44.3 Å². The van der Waals surface area contributed by atoms with Crippen molar-refractivity contribution in [1.82, 2.24) is 4.90 Å². The third kappa shape index (κ3) is 2.96. The lowest BCUT2D eigenvalue weighted by molar-refractivity contribution is 0.307. The van der Waals surface area contributed by atoms with Crippen LogP contribution in [0.5, 0.6) is 0 Å². The first-order valence-corrected chi connectivity index (χ1v) is 4.74. The molecule has 1 nitrogen and oxygen atoms in total. The summed E-state index contributed by atoms with van der Waals surface area (Å²) in [5, 5.41) is 0. The van der Waals surface area contributed by atoms with Crippen molar-refractivity contribution < 1.29 is 0 Å². The van der Waals surface area contributed by atoms with Gasteiger partial charge in [0.15, 0.2) is 0 Å². The zero-order valence-electron chi connectivity index (χ0n) is 7.77. The minimum absolute atomic E-state index is 1.19. The maximum atomic E-state index is 2.46. The van der Waals surface area contributed by atoms with Crippen molar-refractivity contribution in [2.24, 2.45) is 0 Å². The topological polar surface area (TPSA) is 3.24 Å². The Morgan fingerprint density at radius 3 is 2.45 bits per heavy atom. The van der Waals surface area contributed by atoms with Crippen LogP contribution in [0.4, 0.5) is 0 Å². The van der Waals surface area contributed by atoms with Gasteiger partial charge >= 0.3 is 0 Å². The van der Waals surface area contributed by atoms with E-state index in [2.05, 4.69) is 24.9 Å². The summed E-state index contributed by atoms with van der Waals surface area (Å²) in [7, 11) is 0. The van der Waals surface area contributed by atoms with Crippen LogP contribution < -0.4 is 0 Å². The molecule has 0 aliphatic carbocycles. The fourth-order valence-electron chi connectivity index (χ4n) is 1.45. The zero-order valence-corrected chi connectivity index (χ0v) is 7.77. The molecule has 64 valence electrons. The third-order valence-electron chi connectivity index (χ3n) is 2.35. The summed E-state index contributed by atoms with van der Waals surface area (Å²) in [6.07, 6.45) is 7.71. The average Bonchev–Trinajstić information content (AvgIpc) is 2.06. The van der Waals surface area contributed by atoms with Gasteiger partial charge in [-0.3, -0.25) is 0 Å². The van der Waals surface area contributed by atoms with Crippen molar-refractivity contribution in [1.29, 1.82) is 0 Å². The lowest BCUT2D eigenvalue weighted by Crippen LogP contribution is -2.24. The monoisotopic (exact) mass is 153 g/mol. The maximum Gasteiger partial charge on any atom is 0.0172 e. The number of hydrogen-bond donors (Lipinski definition) is 0. The Kier molecular flexibility index (Phi) is 3.47. The molecule has 0 unspecified atom stereocenters. The average molecular weight is 153 g/mol. The molecule has 0 amide bonds. The zero-order chi connectivity index (χ0) is 8.10. The minimum Gasteiger partial charge on any atom is -0.377 e. The second-order valence-electron chi connectivity index (χ2n) is 3.43. The summed E-state index contributed by atoms with van der Waals surface area (Å²) in [4.78, 5) is 2.46. The second-order valence-corrected chi connectivity index (χ2v) is 3.43. The Bertz CT molecular complexity index is 132. The first-order valence-electron chi connectivity index (χ1n) is 4.74. The van der Waals surface area contributed by atoms with Crippen LogP contribution >= 0.6 is 0 Å². The number of rotatable bonds is 2. The molecule has 1 rings (SSSR count). The van der Waals surface area contributed by atoms with Crippen LogP contribution in [-0.2, 0) is 0 Å². The maximum absolute atomic E-state index is 2.46. The lowest BCUT2D eigenvalue weighted by atomic mass is 10.1.